The van der Waals surface area contributed by atoms with E-state index in [4.69, 9.17) is 0 Å². The first-order valence-electron chi connectivity index (χ1n) is 10.5. The fraction of sp³-hybridized carbons (Fsp3) is 0.391. The van der Waals surface area contributed by atoms with Gasteiger partial charge in [-0.15, -0.1) is 11.3 Å². The van der Waals surface area contributed by atoms with Crippen LogP contribution < -0.4 is 10.9 Å². The molecule has 1 aliphatic carbocycles. The largest absolute Gasteiger partial charge is 0.325 e. The molecule has 0 radical (unpaired) electrons. The van der Waals surface area contributed by atoms with Crippen LogP contribution in [0.25, 0.3) is 10.2 Å². The van der Waals surface area contributed by atoms with Gasteiger partial charge in [0.25, 0.3) is 11.5 Å². The summed E-state index contributed by atoms with van der Waals surface area (Å²) in [6, 6.07) is 7.03. The maximum Gasteiger partial charge on any atom is 0.325 e. The summed E-state index contributed by atoms with van der Waals surface area (Å²) in [6.07, 6.45) is 2.93. The molecule has 2 atom stereocenters. The molecule has 2 unspecified atom stereocenters. The van der Waals surface area contributed by atoms with Crippen LogP contribution in [-0.4, -0.2) is 26.8 Å². The summed E-state index contributed by atoms with van der Waals surface area (Å²) in [4.78, 5) is 49.2. The predicted octanol–water partition coefficient (Wildman–Crippen LogP) is 3.39. The van der Waals surface area contributed by atoms with Crippen LogP contribution >= 0.6 is 11.3 Å². The molecule has 7 nitrogen and oxygen atoms in total. The minimum Gasteiger partial charge on any atom is -0.319 e. The number of H-pyrrole nitrogens is 1. The molecule has 2 aromatic heterocycles. The summed E-state index contributed by atoms with van der Waals surface area (Å²) in [6.45, 7) is 5.82. The van der Waals surface area contributed by atoms with E-state index in [-0.39, 0.29) is 18.0 Å². The smallest absolute Gasteiger partial charge is 0.319 e. The third kappa shape index (κ3) is 3.17. The molecule has 1 aromatic carbocycles. The highest BCUT2D eigenvalue weighted by Gasteiger charge is 2.49. The number of hydrogen-bond donors (Lipinski definition) is 2. The van der Waals surface area contributed by atoms with Gasteiger partial charge in [-0.3, -0.25) is 14.5 Å². The van der Waals surface area contributed by atoms with Crippen molar-refractivity contribution in [3.05, 3.63) is 62.0 Å². The van der Waals surface area contributed by atoms with E-state index in [0.717, 1.165) is 40.9 Å². The average molecular weight is 437 g/mol. The number of carbonyl (C=O) groups excluding carboxylic acids is 2. The van der Waals surface area contributed by atoms with Crippen LogP contribution in [0.1, 0.15) is 47.7 Å². The molecule has 8 heteroatoms. The van der Waals surface area contributed by atoms with E-state index < -0.39 is 11.6 Å². The van der Waals surface area contributed by atoms with Crippen LogP contribution in [0.5, 0.6) is 0 Å². The standard InChI is InChI=1S/C23H24N4O3S/c1-12-4-7-14(8-5-12)23(3)21(29)27(22(30)26-23)11-17-24-19(28)18-15-9-6-13(2)10-16(15)31-20(18)25-17/h4-5,7-8,13H,6,9-11H2,1-3H3,(H,26,30)(H,24,25,28). The number of aromatic nitrogens is 2. The highest BCUT2D eigenvalue weighted by molar-refractivity contribution is 7.18. The van der Waals surface area contributed by atoms with Crippen LogP contribution in [0.2, 0.25) is 0 Å². The number of nitrogens with zero attached hydrogens (tertiary/aromatic N) is 2. The Labute approximate surface area is 183 Å². The van der Waals surface area contributed by atoms with Crippen molar-refractivity contribution >= 4 is 33.5 Å². The van der Waals surface area contributed by atoms with Crippen LogP contribution in [0, 0.1) is 12.8 Å². The zero-order valence-corrected chi connectivity index (χ0v) is 18.6. The van der Waals surface area contributed by atoms with Crippen LogP contribution in [0.3, 0.4) is 0 Å². The Morgan fingerprint density at radius 1 is 1.23 bits per heavy atom. The highest BCUT2D eigenvalue weighted by Crippen LogP contribution is 2.36. The molecule has 160 valence electrons. The lowest BCUT2D eigenvalue weighted by atomic mass is 9.89. The van der Waals surface area contributed by atoms with Crippen LogP contribution in [-0.2, 0) is 29.7 Å². The van der Waals surface area contributed by atoms with Crippen molar-refractivity contribution in [2.75, 3.05) is 0 Å². The fourth-order valence-corrected chi connectivity index (χ4v) is 5.94. The number of thiophene rings is 1. The fourth-order valence-electron chi connectivity index (χ4n) is 4.54. The van der Waals surface area contributed by atoms with Gasteiger partial charge in [0, 0.05) is 4.88 Å². The normalized spacial score (nSPS) is 23.3. The first-order chi connectivity index (χ1) is 14.8. The number of benzene rings is 1. The second kappa shape index (κ2) is 7.02. The molecule has 3 heterocycles. The molecule has 3 aromatic rings. The third-order valence-electron chi connectivity index (χ3n) is 6.43. The van der Waals surface area contributed by atoms with E-state index in [9.17, 15) is 14.4 Å². The van der Waals surface area contributed by atoms with Gasteiger partial charge in [-0.25, -0.2) is 9.78 Å². The molecule has 2 aliphatic rings. The molecule has 2 N–H and O–H groups in total. The Morgan fingerprint density at radius 2 is 1.97 bits per heavy atom. The van der Waals surface area contributed by atoms with Crippen LogP contribution in [0.4, 0.5) is 4.79 Å². The molecule has 1 saturated heterocycles. The summed E-state index contributed by atoms with van der Waals surface area (Å²) >= 11 is 1.55. The number of carbonyl (C=O) groups is 2. The van der Waals surface area contributed by atoms with Gasteiger partial charge < -0.3 is 10.3 Å². The van der Waals surface area contributed by atoms with Gasteiger partial charge in [-0.05, 0) is 50.2 Å². The van der Waals surface area contributed by atoms with Gasteiger partial charge in [0.15, 0.2) is 0 Å². The summed E-state index contributed by atoms with van der Waals surface area (Å²) in [5, 5.41) is 3.47. The van der Waals surface area contributed by atoms with E-state index in [1.165, 1.54) is 4.88 Å². The zero-order valence-electron chi connectivity index (χ0n) is 17.7. The van der Waals surface area contributed by atoms with Crippen molar-refractivity contribution in [1.29, 1.82) is 0 Å². The quantitative estimate of drug-likeness (QED) is 0.616. The van der Waals surface area contributed by atoms with Crippen molar-refractivity contribution in [2.24, 2.45) is 5.92 Å². The molecule has 31 heavy (non-hydrogen) atoms. The Hall–Kier alpha value is -3.00. The van der Waals surface area contributed by atoms with E-state index in [0.29, 0.717) is 22.0 Å². The van der Waals surface area contributed by atoms with Gasteiger partial charge in [-0.1, -0.05) is 36.8 Å². The highest BCUT2D eigenvalue weighted by atomic mass is 32.1. The minimum atomic E-state index is -1.15. The molecule has 3 amide bonds. The van der Waals surface area contributed by atoms with Gasteiger partial charge in [0.05, 0.1) is 11.9 Å². The molecule has 0 spiro atoms. The van der Waals surface area contributed by atoms with Crippen molar-refractivity contribution in [2.45, 2.75) is 52.1 Å². The minimum absolute atomic E-state index is 0.0731. The molecular formula is C23H24N4O3S. The number of rotatable bonds is 3. The van der Waals surface area contributed by atoms with Crippen molar-refractivity contribution in [3.8, 4) is 0 Å². The number of aryl methyl sites for hydroxylation is 2. The third-order valence-corrected chi connectivity index (χ3v) is 7.57. The molecule has 5 rings (SSSR count). The van der Waals surface area contributed by atoms with E-state index in [1.807, 2.05) is 31.2 Å². The SMILES string of the molecule is Cc1ccc(C2(C)NC(=O)N(Cc3nc4sc5c(c4c(=O)[nH]3)CCC(C)C5)C2=O)cc1. The summed E-state index contributed by atoms with van der Waals surface area (Å²) in [5.74, 6) is 0.564. The molecular weight excluding hydrogens is 412 g/mol. The predicted molar refractivity (Wildman–Crippen MR) is 119 cm³/mol. The second-order valence-corrected chi connectivity index (χ2v) is 9.94. The second-order valence-electron chi connectivity index (χ2n) is 8.86. The van der Waals surface area contributed by atoms with Gasteiger partial charge >= 0.3 is 6.03 Å². The number of fused-ring (bicyclic) bond motifs is 3. The number of amides is 3. The summed E-state index contributed by atoms with van der Waals surface area (Å²) in [7, 11) is 0. The van der Waals surface area contributed by atoms with Gasteiger partial charge in [-0.2, -0.15) is 0 Å². The molecule has 0 saturated carbocycles. The maximum absolute atomic E-state index is 13.2. The number of hydrogen-bond acceptors (Lipinski definition) is 5. The lowest BCUT2D eigenvalue weighted by molar-refractivity contribution is -0.131. The van der Waals surface area contributed by atoms with Crippen LogP contribution in [0.15, 0.2) is 29.1 Å². The Balaban J connectivity index is 1.47. The molecule has 1 aliphatic heterocycles. The Bertz CT molecular complexity index is 1280. The zero-order chi connectivity index (χ0) is 21.9. The first-order valence-corrected chi connectivity index (χ1v) is 11.3. The van der Waals surface area contributed by atoms with Crippen molar-refractivity contribution in [3.63, 3.8) is 0 Å². The summed E-state index contributed by atoms with van der Waals surface area (Å²) < 4.78 is 0. The average Bonchev–Trinajstić information content (AvgIpc) is 3.18. The van der Waals surface area contributed by atoms with Crippen molar-refractivity contribution in [1.82, 2.24) is 20.2 Å². The van der Waals surface area contributed by atoms with Gasteiger partial charge in [0.1, 0.15) is 16.2 Å². The number of aromatic amines is 1. The topological polar surface area (TPSA) is 95.2 Å². The lowest BCUT2D eigenvalue weighted by Crippen LogP contribution is -2.40. The lowest BCUT2D eigenvalue weighted by Gasteiger charge is -2.22. The van der Waals surface area contributed by atoms with E-state index in [1.54, 1.807) is 18.3 Å². The maximum atomic E-state index is 13.2. The summed E-state index contributed by atoms with van der Waals surface area (Å²) in [5.41, 5.74) is 1.56. The van der Waals surface area contributed by atoms with Crippen molar-refractivity contribution < 1.29 is 9.59 Å². The van der Waals surface area contributed by atoms with E-state index in [2.05, 4.69) is 22.2 Å². The molecule has 1 fully saturated rings. The Morgan fingerprint density at radius 3 is 2.71 bits per heavy atom. The number of nitrogens with one attached hydrogen (secondary N) is 2. The number of imide groups is 1. The number of urea groups is 1. The Kier molecular flexibility index (Phi) is 4.51. The molecule has 0 bridgehead atoms. The monoisotopic (exact) mass is 436 g/mol. The van der Waals surface area contributed by atoms with E-state index >= 15 is 0 Å². The first kappa shape index (κ1) is 19.9. The van der Waals surface area contributed by atoms with Gasteiger partial charge in [0.2, 0.25) is 0 Å².